The number of rotatable bonds is 1. The number of ether oxygens (including phenoxy) is 2. The van der Waals surface area contributed by atoms with Gasteiger partial charge in [-0.15, -0.1) is 0 Å². The second-order valence-corrected chi connectivity index (χ2v) is 3.54. The molecule has 0 spiro atoms. The van der Waals surface area contributed by atoms with Gasteiger partial charge in [0.05, 0.1) is 12.2 Å². The summed E-state index contributed by atoms with van der Waals surface area (Å²) >= 11 is 2.70. The van der Waals surface area contributed by atoms with Gasteiger partial charge in [-0.25, -0.2) is 8.78 Å². The molecule has 1 aromatic rings. The lowest BCUT2D eigenvalue weighted by atomic mass is 10.2. The molecule has 0 aromatic heterocycles. The van der Waals surface area contributed by atoms with Gasteiger partial charge >= 0.3 is 6.54 Å². The first-order valence-corrected chi connectivity index (χ1v) is 4.63. The third-order valence-corrected chi connectivity index (χ3v) is 2.62. The zero-order chi connectivity index (χ0) is 11.2. The van der Waals surface area contributed by atoms with E-state index >= 15 is 0 Å². The molecule has 1 unspecified atom stereocenters. The summed E-state index contributed by atoms with van der Waals surface area (Å²) in [5.74, 6) is -3.16. The number of aliphatic hydroxyl groups is 1. The van der Waals surface area contributed by atoms with E-state index in [9.17, 15) is 13.2 Å². The van der Waals surface area contributed by atoms with Crippen molar-refractivity contribution in [2.24, 2.45) is 0 Å². The first-order chi connectivity index (χ1) is 7.06. The molecule has 0 aliphatic carbocycles. The van der Waals surface area contributed by atoms with Crippen LogP contribution in [0.4, 0.5) is 13.2 Å². The third-order valence-electron chi connectivity index (χ3n) is 1.91. The number of halogens is 4. The normalized spacial score (nSPS) is 18.3. The van der Waals surface area contributed by atoms with Crippen molar-refractivity contribution in [3.63, 3.8) is 0 Å². The molecule has 2 rings (SSSR count). The number of fused-ring (bicyclic) bond motifs is 1. The zero-order valence-electron chi connectivity index (χ0n) is 7.06. The van der Waals surface area contributed by atoms with Gasteiger partial charge in [-0.2, -0.15) is 4.39 Å². The van der Waals surface area contributed by atoms with Gasteiger partial charge in [0, 0.05) is 0 Å². The van der Waals surface area contributed by atoms with Crippen molar-refractivity contribution in [2.75, 3.05) is 0 Å². The molecule has 15 heavy (non-hydrogen) atoms. The van der Waals surface area contributed by atoms with Gasteiger partial charge < -0.3 is 14.6 Å². The van der Waals surface area contributed by atoms with E-state index < -0.39 is 30.3 Å². The van der Waals surface area contributed by atoms with Crippen molar-refractivity contribution in [3.8, 4) is 11.5 Å². The number of benzene rings is 1. The molecule has 0 fully saturated rings. The smallest absolute Gasteiger partial charge is 0.397 e. The fourth-order valence-corrected chi connectivity index (χ4v) is 1.69. The van der Waals surface area contributed by atoms with Gasteiger partial charge in [0.1, 0.15) is 4.47 Å². The van der Waals surface area contributed by atoms with Crippen LogP contribution in [0.3, 0.4) is 0 Å². The second kappa shape index (κ2) is 3.57. The highest BCUT2D eigenvalue weighted by molar-refractivity contribution is 9.10. The third kappa shape index (κ3) is 1.46. The molecular weight excluding hydrogens is 281 g/mol. The first-order valence-electron chi connectivity index (χ1n) is 3.83. The van der Waals surface area contributed by atoms with E-state index in [0.717, 1.165) is 0 Å². The number of aliphatic hydroxyl groups excluding tert-OH is 1. The molecule has 82 valence electrons. The van der Waals surface area contributed by atoms with E-state index in [0.29, 0.717) is 0 Å². The Morgan fingerprint density at radius 2 is 1.80 bits per heavy atom. The minimum Gasteiger partial charge on any atom is -0.424 e. The van der Waals surface area contributed by atoms with E-state index in [1.165, 1.54) is 0 Å². The standard InChI is InChI=1S/C8H4BrF3O3/c9-3-5(11)4(10)2(1-13)6-7(3)15-8(12)14-6/h8,13H,1H2. The topological polar surface area (TPSA) is 38.7 Å². The van der Waals surface area contributed by atoms with Gasteiger partial charge in [0.15, 0.2) is 23.1 Å². The summed E-state index contributed by atoms with van der Waals surface area (Å²) in [5.41, 5.74) is -0.467. The van der Waals surface area contributed by atoms with Crippen molar-refractivity contribution in [1.29, 1.82) is 0 Å². The second-order valence-electron chi connectivity index (χ2n) is 2.75. The molecule has 0 bridgehead atoms. The SMILES string of the molecule is OCc1c(F)c(F)c(Br)c2c1OC(F)O2. The van der Waals surface area contributed by atoms with Crippen molar-refractivity contribution >= 4 is 15.9 Å². The van der Waals surface area contributed by atoms with Crippen LogP contribution in [-0.4, -0.2) is 11.7 Å². The molecule has 1 aromatic carbocycles. The maximum Gasteiger partial charge on any atom is 0.397 e. The molecule has 0 radical (unpaired) electrons. The highest BCUT2D eigenvalue weighted by Crippen LogP contribution is 2.46. The average Bonchev–Trinajstić information content (AvgIpc) is 2.58. The average molecular weight is 285 g/mol. The van der Waals surface area contributed by atoms with Crippen molar-refractivity contribution in [2.45, 2.75) is 13.2 Å². The Hall–Kier alpha value is -0.950. The predicted octanol–water partition coefficient (Wildman–Crippen LogP) is 2.24. The first kappa shape index (κ1) is 10.6. The Balaban J connectivity index is 2.69. The molecule has 1 N–H and O–H groups in total. The minimum atomic E-state index is -2.12. The van der Waals surface area contributed by atoms with Crippen molar-refractivity contribution < 1.29 is 27.8 Å². The van der Waals surface area contributed by atoms with Crippen molar-refractivity contribution in [3.05, 3.63) is 21.7 Å². The molecule has 7 heteroatoms. The molecule has 3 nitrogen and oxygen atoms in total. The van der Waals surface area contributed by atoms with E-state index in [1.807, 2.05) is 0 Å². The highest BCUT2D eigenvalue weighted by Gasteiger charge is 2.33. The van der Waals surface area contributed by atoms with E-state index in [-0.39, 0.29) is 16.0 Å². The lowest BCUT2D eigenvalue weighted by Crippen LogP contribution is -2.09. The van der Waals surface area contributed by atoms with Crippen LogP contribution in [0.5, 0.6) is 11.5 Å². The van der Waals surface area contributed by atoms with Gasteiger partial charge in [-0.05, 0) is 15.9 Å². The van der Waals surface area contributed by atoms with Crippen LogP contribution in [-0.2, 0) is 6.61 Å². The Kier molecular flexibility index (Phi) is 2.51. The molecular formula is C8H4BrF3O3. The molecule has 0 saturated carbocycles. The minimum absolute atomic E-state index is 0.287. The Morgan fingerprint density at radius 3 is 2.40 bits per heavy atom. The maximum atomic E-state index is 13.2. The molecule has 0 saturated heterocycles. The quantitative estimate of drug-likeness (QED) is 0.804. The lowest BCUT2D eigenvalue weighted by molar-refractivity contribution is -0.0660. The summed E-state index contributed by atoms with van der Waals surface area (Å²) < 4.78 is 47.6. The predicted molar refractivity (Wildman–Crippen MR) is 46.1 cm³/mol. The summed E-state index contributed by atoms with van der Waals surface area (Å²) in [4.78, 5) is 0. The van der Waals surface area contributed by atoms with Crippen LogP contribution in [0.25, 0.3) is 0 Å². The summed E-state index contributed by atoms with van der Waals surface area (Å²) in [7, 11) is 0. The summed E-state index contributed by atoms with van der Waals surface area (Å²) in [5, 5.41) is 8.80. The van der Waals surface area contributed by atoms with Gasteiger partial charge in [0.25, 0.3) is 0 Å². The van der Waals surface area contributed by atoms with E-state index in [1.54, 1.807) is 0 Å². The van der Waals surface area contributed by atoms with Crippen LogP contribution in [0.2, 0.25) is 0 Å². The maximum absolute atomic E-state index is 13.2. The monoisotopic (exact) mass is 284 g/mol. The van der Waals surface area contributed by atoms with Gasteiger partial charge in [0.2, 0.25) is 0 Å². The fraction of sp³-hybridized carbons (Fsp3) is 0.250. The van der Waals surface area contributed by atoms with Gasteiger partial charge in [-0.3, -0.25) is 0 Å². The van der Waals surface area contributed by atoms with E-state index in [2.05, 4.69) is 25.4 Å². The van der Waals surface area contributed by atoms with Gasteiger partial charge in [-0.1, -0.05) is 0 Å². The van der Waals surface area contributed by atoms with Crippen LogP contribution >= 0.6 is 15.9 Å². The number of alkyl halides is 1. The Bertz CT molecular complexity index is 424. The number of hydrogen-bond acceptors (Lipinski definition) is 3. The highest BCUT2D eigenvalue weighted by atomic mass is 79.9. The fourth-order valence-electron chi connectivity index (χ4n) is 1.25. The number of hydrogen-bond donors (Lipinski definition) is 1. The van der Waals surface area contributed by atoms with E-state index in [4.69, 9.17) is 5.11 Å². The van der Waals surface area contributed by atoms with Crippen LogP contribution in [0.1, 0.15) is 5.56 Å². The molecule has 1 aliphatic heterocycles. The summed E-state index contributed by atoms with van der Waals surface area (Å²) in [6.07, 6.45) is 0. The molecule has 1 aliphatic rings. The summed E-state index contributed by atoms with van der Waals surface area (Å²) in [6.45, 7) is -2.93. The summed E-state index contributed by atoms with van der Waals surface area (Å²) in [6, 6.07) is 0. The molecule has 1 atom stereocenters. The largest absolute Gasteiger partial charge is 0.424 e. The van der Waals surface area contributed by atoms with Crippen molar-refractivity contribution in [1.82, 2.24) is 0 Å². The van der Waals surface area contributed by atoms with Crippen LogP contribution in [0, 0.1) is 11.6 Å². The Labute approximate surface area is 90.5 Å². The van der Waals surface area contributed by atoms with Crippen LogP contribution in [0.15, 0.2) is 4.47 Å². The lowest BCUT2D eigenvalue weighted by Gasteiger charge is -2.06. The molecule has 0 amide bonds. The van der Waals surface area contributed by atoms with Crippen LogP contribution < -0.4 is 9.47 Å². The zero-order valence-corrected chi connectivity index (χ0v) is 8.65. The molecule has 1 heterocycles. The Morgan fingerprint density at radius 1 is 1.20 bits per heavy atom.